The average molecular weight is 248 g/mol. The highest BCUT2D eigenvalue weighted by Crippen LogP contribution is 2.53. The molecule has 0 aromatic heterocycles. The molecule has 4 heteroatoms. The van der Waals surface area contributed by atoms with Crippen molar-refractivity contribution in [1.29, 1.82) is 0 Å². The zero-order valence-corrected chi connectivity index (χ0v) is 10.3. The van der Waals surface area contributed by atoms with E-state index in [1.807, 2.05) is 30.3 Å². The maximum Gasteiger partial charge on any atom is 0.212 e. The summed E-state index contributed by atoms with van der Waals surface area (Å²) >= 11 is 0. The highest BCUT2D eigenvalue weighted by Gasteiger charge is 2.62. The second-order valence-corrected chi connectivity index (χ2v) is 5.32. The van der Waals surface area contributed by atoms with Gasteiger partial charge in [0.2, 0.25) is 5.79 Å². The van der Waals surface area contributed by atoms with E-state index in [-0.39, 0.29) is 11.9 Å². The molecule has 1 aromatic rings. The van der Waals surface area contributed by atoms with Crippen LogP contribution in [0.4, 0.5) is 0 Å². The zero-order chi connectivity index (χ0) is 12.8. The van der Waals surface area contributed by atoms with Crippen LogP contribution < -0.4 is 0 Å². The van der Waals surface area contributed by atoms with Crippen LogP contribution in [0.5, 0.6) is 0 Å². The number of aliphatic hydroxyl groups is 1. The fraction of sp³-hybridized carbons (Fsp3) is 0.500. The molecule has 1 saturated carbocycles. The molecule has 18 heavy (non-hydrogen) atoms. The Kier molecular flexibility index (Phi) is 2.55. The van der Waals surface area contributed by atoms with E-state index < -0.39 is 11.2 Å². The Labute approximate surface area is 105 Å². The van der Waals surface area contributed by atoms with Crippen LogP contribution in [-0.4, -0.2) is 16.7 Å². The lowest BCUT2D eigenvalue weighted by atomic mass is 9.76. The smallest absolute Gasteiger partial charge is 0.212 e. The first-order valence-corrected chi connectivity index (χ1v) is 6.20. The zero-order valence-electron chi connectivity index (χ0n) is 10.3. The van der Waals surface area contributed by atoms with E-state index in [0.717, 1.165) is 5.56 Å². The van der Waals surface area contributed by atoms with Gasteiger partial charge in [0.05, 0.1) is 5.41 Å². The monoisotopic (exact) mass is 248 g/mol. The van der Waals surface area contributed by atoms with E-state index in [9.17, 15) is 9.90 Å². The van der Waals surface area contributed by atoms with Crippen molar-refractivity contribution in [3.63, 3.8) is 0 Å². The molecule has 1 saturated heterocycles. The summed E-state index contributed by atoms with van der Waals surface area (Å²) in [6.07, 6.45) is 0.798. The summed E-state index contributed by atoms with van der Waals surface area (Å²) in [5.41, 5.74) is 0.0895. The van der Waals surface area contributed by atoms with Gasteiger partial charge in [-0.3, -0.25) is 4.79 Å². The molecule has 1 heterocycles. The first-order valence-electron chi connectivity index (χ1n) is 6.20. The summed E-state index contributed by atoms with van der Waals surface area (Å²) in [5.74, 6) is -1.41. The quantitative estimate of drug-likeness (QED) is 0.774. The summed E-state index contributed by atoms with van der Waals surface area (Å²) < 4.78 is 0. The molecule has 2 fully saturated rings. The highest BCUT2D eigenvalue weighted by molar-refractivity contribution is 5.88. The Bertz CT molecular complexity index is 472. The largest absolute Gasteiger partial charge is 0.362 e. The van der Waals surface area contributed by atoms with Crippen LogP contribution in [0.15, 0.2) is 30.3 Å². The normalized spacial score (nSPS) is 39.7. The van der Waals surface area contributed by atoms with Gasteiger partial charge in [-0.1, -0.05) is 30.3 Å². The topological polar surface area (TPSA) is 55.8 Å². The van der Waals surface area contributed by atoms with Gasteiger partial charge in [0.15, 0.2) is 0 Å². The Morgan fingerprint density at radius 1 is 1.33 bits per heavy atom. The highest BCUT2D eigenvalue weighted by atomic mass is 17.2. The van der Waals surface area contributed by atoms with Gasteiger partial charge in [0, 0.05) is 12.8 Å². The van der Waals surface area contributed by atoms with Gasteiger partial charge in [-0.25, -0.2) is 4.89 Å². The molecule has 1 aliphatic carbocycles. The summed E-state index contributed by atoms with van der Waals surface area (Å²) in [6.45, 7) is 1.76. The fourth-order valence-corrected chi connectivity index (χ4v) is 2.84. The Morgan fingerprint density at radius 3 is 2.78 bits per heavy atom. The lowest BCUT2D eigenvalue weighted by Gasteiger charge is -2.43. The van der Waals surface area contributed by atoms with Crippen molar-refractivity contribution in [3.8, 4) is 0 Å². The molecule has 0 amide bonds. The van der Waals surface area contributed by atoms with Gasteiger partial charge in [-0.05, 0) is 18.9 Å². The number of benzene rings is 1. The third-order valence-corrected chi connectivity index (χ3v) is 4.24. The van der Waals surface area contributed by atoms with Crippen LogP contribution in [0, 0.1) is 5.41 Å². The second kappa shape index (κ2) is 3.88. The lowest BCUT2D eigenvalue weighted by molar-refractivity contribution is -0.485. The van der Waals surface area contributed by atoms with Crippen molar-refractivity contribution in [2.45, 2.75) is 38.1 Å². The number of carbonyl (C=O) groups is 1. The molecule has 1 aliphatic heterocycles. The molecule has 1 N–H and O–H groups in total. The Hall–Kier alpha value is -1.23. The summed E-state index contributed by atoms with van der Waals surface area (Å²) in [5, 5.41) is 10.3. The molecule has 0 spiro atoms. The number of fused-ring (bicyclic) bond motifs is 1. The van der Waals surface area contributed by atoms with Gasteiger partial charge < -0.3 is 5.11 Å². The predicted octanol–water partition coefficient (Wildman–Crippen LogP) is 2.14. The minimum atomic E-state index is -1.46. The number of hydrogen-bond acceptors (Lipinski definition) is 4. The Balaban J connectivity index is 1.90. The molecule has 96 valence electrons. The van der Waals surface area contributed by atoms with E-state index in [1.165, 1.54) is 0 Å². The van der Waals surface area contributed by atoms with Crippen LogP contribution in [0.25, 0.3) is 0 Å². The first-order chi connectivity index (χ1) is 8.55. The van der Waals surface area contributed by atoms with Crippen LogP contribution in [0.3, 0.4) is 0 Å². The van der Waals surface area contributed by atoms with Gasteiger partial charge >= 0.3 is 0 Å². The molecular formula is C14H16O4. The minimum Gasteiger partial charge on any atom is -0.362 e. The lowest BCUT2D eigenvalue weighted by Crippen LogP contribution is -2.52. The van der Waals surface area contributed by atoms with E-state index >= 15 is 0 Å². The van der Waals surface area contributed by atoms with E-state index in [1.54, 1.807) is 6.92 Å². The number of rotatable bonds is 1. The van der Waals surface area contributed by atoms with Crippen molar-refractivity contribution in [3.05, 3.63) is 35.9 Å². The summed E-state index contributed by atoms with van der Waals surface area (Å²) in [4.78, 5) is 22.5. The predicted molar refractivity (Wildman–Crippen MR) is 63.3 cm³/mol. The van der Waals surface area contributed by atoms with Crippen molar-refractivity contribution in [1.82, 2.24) is 0 Å². The standard InChI is InChI=1S/C14H16O4/c1-13-9-11(10-5-3-2-4-6-10)17-18-14(13,16)8-7-12(13)15/h2-6,11,16H,7-9H2,1H3/t11-,13-,14+/m1/s1. The molecule has 0 bridgehead atoms. The van der Waals surface area contributed by atoms with Crippen LogP contribution in [0.2, 0.25) is 0 Å². The van der Waals surface area contributed by atoms with Crippen molar-refractivity contribution in [2.75, 3.05) is 0 Å². The minimum absolute atomic E-state index is 0.0502. The summed E-state index contributed by atoms with van der Waals surface area (Å²) in [7, 11) is 0. The molecule has 1 aromatic carbocycles. The number of hydrogen-bond donors (Lipinski definition) is 1. The fourth-order valence-electron chi connectivity index (χ4n) is 2.84. The Morgan fingerprint density at radius 2 is 2.06 bits per heavy atom. The number of Topliss-reactive ketones (excluding diaryl/α,β-unsaturated/α-hetero) is 1. The summed E-state index contributed by atoms with van der Waals surface area (Å²) in [6, 6.07) is 9.62. The molecule has 3 rings (SSSR count). The molecule has 2 aliphatic rings. The van der Waals surface area contributed by atoms with Crippen LogP contribution in [-0.2, 0) is 14.6 Å². The number of ketones is 1. The van der Waals surface area contributed by atoms with Gasteiger partial charge in [-0.15, -0.1) is 0 Å². The van der Waals surface area contributed by atoms with Gasteiger partial charge in [0.1, 0.15) is 11.9 Å². The molecule has 4 nitrogen and oxygen atoms in total. The maximum absolute atomic E-state index is 12.0. The van der Waals surface area contributed by atoms with Gasteiger partial charge in [-0.2, -0.15) is 4.89 Å². The van der Waals surface area contributed by atoms with Crippen molar-refractivity contribution >= 4 is 5.78 Å². The van der Waals surface area contributed by atoms with Crippen molar-refractivity contribution in [2.24, 2.45) is 5.41 Å². The van der Waals surface area contributed by atoms with Gasteiger partial charge in [0.25, 0.3) is 0 Å². The van der Waals surface area contributed by atoms with Crippen molar-refractivity contribution < 1.29 is 19.7 Å². The molecular weight excluding hydrogens is 232 g/mol. The van der Waals surface area contributed by atoms with E-state index in [2.05, 4.69) is 0 Å². The maximum atomic E-state index is 12.0. The third kappa shape index (κ3) is 1.53. The van der Waals surface area contributed by atoms with E-state index in [4.69, 9.17) is 9.78 Å². The third-order valence-electron chi connectivity index (χ3n) is 4.24. The second-order valence-electron chi connectivity index (χ2n) is 5.32. The number of carbonyl (C=O) groups excluding carboxylic acids is 1. The average Bonchev–Trinajstić information content (AvgIpc) is 2.63. The van der Waals surface area contributed by atoms with Crippen LogP contribution >= 0.6 is 0 Å². The molecule has 0 radical (unpaired) electrons. The van der Waals surface area contributed by atoms with Crippen LogP contribution in [0.1, 0.15) is 37.9 Å². The molecule has 0 unspecified atom stereocenters. The first kappa shape index (κ1) is 11.8. The SMILES string of the molecule is C[C@]12C[C@H](c3ccccc3)OO[C@@]1(O)CCC2=O. The molecule has 3 atom stereocenters. The van der Waals surface area contributed by atoms with E-state index in [0.29, 0.717) is 19.3 Å².